The van der Waals surface area contributed by atoms with Gasteiger partial charge in [0.05, 0.1) is 18.0 Å². The molecule has 7 heteroatoms. The topological polar surface area (TPSA) is 50.9 Å². The van der Waals surface area contributed by atoms with Crippen molar-refractivity contribution in [3.63, 3.8) is 0 Å². The number of hydrogen-bond donors (Lipinski definition) is 1. The molecule has 130 valence electrons. The third-order valence-corrected chi connectivity index (χ3v) is 3.73. The Kier molecular flexibility index (Phi) is 4.85. The average Bonchev–Trinajstić information content (AvgIpc) is 2.95. The maximum Gasteiger partial charge on any atom is 0.263 e. The van der Waals surface area contributed by atoms with Gasteiger partial charge in [0.15, 0.2) is 5.82 Å². The first kappa shape index (κ1) is 17.2. The smallest absolute Gasteiger partial charge is 0.263 e. The molecule has 2 aromatic heterocycles. The molecule has 0 amide bonds. The minimum atomic E-state index is -2.72. The van der Waals surface area contributed by atoms with Crippen LogP contribution in [0.1, 0.15) is 34.5 Å². The number of aliphatic hydroxyl groups excluding tert-OH is 1. The fourth-order valence-electron chi connectivity index (χ4n) is 2.69. The normalized spacial score (nSPS) is 11.3. The summed E-state index contributed by atoms with van der Waals surface area (Å²) in [7, 11) is 0. The summed E-state index contributed by atoms with van der Waals surface area (Å²) in [4.78, 5) is 4.23. The van der Waals surface area contributed by atoms with Crippen molar-refractivity contribution in [3.8, 4) is 5.82 Å². The summed E-state index contributed by atoms with van der Waals surface area (Å²) in [6.45, 7) is 1.62. The highest BCUT2D eigenvalue weighted by atomic mass is 19.3. The van der Waals surface area contributed by atoms with Crippen LogP contribution in [0.15, 0.2) is 42.6 Å². The molecule has 1 aromatic carbocycles. The Balaban J connectivity index is 1.92. The van der Waals surface area contributed by atoms with Crippen LogP contribution in [-0.4, -0.2) is 19.9 Å². The molecule has 0 saturated heterocycles. The first-order valence-electron chi connectivity index (χ1n) is 7.65. The first-order valence-corrected chi connectivity index (χ1v) is 7.65. The maximum absolute atomic E-state index is 13.5. The third-order valence-electron chi connectivity index (χ3n) is 3.73. The summed E-state index contributed by atoms with van der Waals surface area (Å²) < 4.78 is 40.7. The number of benzene rings is 1. The van der Waals surface area contributed by atoms with Gasteiger partial charge in [-0.3, -0.25) is 0 Å². The molecule has 0 radical (unpaired) electrons. The molecule has 0 aliphatic rings. The molecule has 0 aliphatic heterocycles. The summed E-state index contributed by atoms with van der Waals surface area (Å²) in [6.07, 6.45) is -0.876. The number of aliphatic hydroxyl groups is 1. The van der Waals surface area contributed by atoms with Gasteiger partial charge < -0.3 is 5.11 Å². The SMILES string of the molecule is Cc1cc(CO)n(-c2cc(Cc3cc(F)cc(C(F)F)c3)ccn2)n1. The number of rotatable bonds is 5. The van der Waals surface area contributed by atoms with E-state index in [1.54, 1.807) is 31.3 Å². The molecule has 1 N–H and O–H groups in total. The van der Waals surface area contributed by atoms with E-state index in [0.717, 1.165) is 17.3 Å². The van der Waals surface area contributed by atoms with E-state index in [1.165, 1.54) is 16.8 Å². The molecule has 0 bridgehead atoms. The summed E-state index contributed by atoms with van der Waals surface area (Å²) in [5, 5.41) is 13.7. The Bertz CT molecular complexity index is 893. The predicted octanol–water partition coefficient (Wildman–Crippen LogP) is 3.74. The van der Waals surface area contributed by atoms with Gasteiger partial charge in [-0.25, -0.2) is 22.8 Å². The van der Waals surface area contributed by atoms with Crippen LogP contribution in [-0.2, 0) is 13.0 Å². The van der Waals surface area contributed by atoms with Crippen LogP contribution in [0.2, 0.25) is 0 Å². The van der Waals surface area contributed by atoms with Gasteiger partial charge in [-0.2, -0.15) is 5.10 Å². The molecule has 0 atom stereocenters. The standard InChI is InChI=1S/C18H16F3N3O/c1-11-4-16(10-25)24(23-11)17-8-12(2-3-22-17)5-13-6-14(18(20)21)9-15(19)7-13/h2-4,6-9,18,25H,5,10H2,1H3. The van der Waals surface area contributed by atoms with Crippen LogP contribution < -0.4 is 0 Å². The Morgan fingerprint density at radius 2 is 1.92 bits per heavy atom. The van der Waals surface area contributed by atoms with Gasteiger partial charge in [-0.1, -0.05) is 0 Å². The minimum absolute atomic E-state index is 0.186. The predicted molar refractivity (Wildman–Crippen MR) is 86.2 cm³/mol. The van der Waals surface area contributed by atoms with Gasteiger partial charge in [0.1, 0.15) is 5.82 Å². The van der Waals surface area contributed by atoms with Crippen molar-refractivity contribution < 1.29 is 18.3 Å². The second kappa shape index (κ2) is 7.06. The number of aromatic nitrogens is 3. The van der Waals surface area contributed by atoms with Gasteiger partial charge in [0.2, 0.25) is 0 Å². The number of pyridine rings is 1. The van der Waals surface area contributed by atoms with E-state index >= 15 is 0 Å². The highest BCUT2D eigenvalue weighted by molar-refractivity contribution is 5.35. The number of nitrogens with zero attached hydrogens (tertiary/aromatic N) is 3. The number of aryl methyl sites for hydroxylation is 1. The fourth-order valence-corrected chi connectivity index (χ4v) is 2.69. The van der Waals surface area contributed by atoms with Crippen LogP contribution in [0.5, 0.6) is 0 Å². The lowest BCUT2D eigenvalue weighted by atomic mass is 10.0. The largest absolute Gasteiger partial charge is 0.390 e. The van der Waals surface area contributed by atoms with Crippen molar-refractivity contribution in [2.45, 2.75) is 26.4 Å². The maximum atomic E-state index is 13.5. The van der Waals surface area contributed by atoms with Crippen LogP contribution in [0.4, 0.5) is 13.2 Å². The molecule has 3 aromatic rings. The first-order chi connectivity index (χ1) is 12.0. The zero-order valence-corrected chi connectivity index (χ0v) is 13.5. The van der Waals surface area contributed by atoms with E-state index in [9.17, 15) is 18.3 Å². The minimum Gasteiger partial charge on any atom is -0.390 e. The van der Waals surface area contributed by atoms with E-state index in [1.807, 2.05) is 0 Å². The second-order valence-electron chi connectivity index (χ2n) is 5.74. The summed E-state index contributed by atoms with van der Waals surface area (Å²) in [5.41, 5.74) is 2.21. The van der Waals surface area contributed by atoms with Crippen molar-refractivity contribution in [3.05, 3.63) is 76.5 Å². The molecule has 2 heterocycles. The van der Waals surface area contributed by atoms with Crippen molar-refractivity contribution in [2.75, 3.05) is 0 Å². The lowest BCUT2D eigenvalue weighted by Gasteiger charge is -2.09. The van der Waals surface area contributed by atoms with Crippen molar-refractivity contribution in [1.29, 1.82) is 0 Å². The molecule has 4 nitrogen and oxygen atoms in total. The molecular formula is C18H16F3N3O. The Morgan fingerprint density at radius 1 is 1.12 bits per heavy atom. The lowest BCUT2D eigenvalue weighted by Crippen LogP contribution is -2.05. The van der Waals surface area contributed by atoms with Crippen LogP contribution in [0.25, 0.3) is 5.82 Å². The Hall–Kier alpha value is -2.67. The molecule has 0 unspecified atom stereocenters. The molecule has 25 heavy (non-hydrogen) atoms. The number of halogens is 3. The highest BCUT2D eigenvalue weighted by Crippen LogP contribution is 2.23. The van der Waals surface area contributed by atoms with Gasteiger partial charge in [-0.05, 0) is 60.9 Å². The molecule has 0 spiro atoms. The van der Waals surface area contributed by atoms with E-state index in [0.29, 0.717) is 17.1 Å². The quantitative estimate of drug-likeness (QED) is 0.765. The van der Waals surface area contributed by atoms with E-state index in [4.69, 9.17) is 0 Å². The summed E-state index contributed by atoms with van der Waals surface area (Å²) in [5.74, 6) is -0.188. The molecule has 0 fully saturated rings. The van der Waals surface area contributed by atoms with Crippen LogP contribution in [0.3, 0.4) is 0 Å². The van der Waals surface area contributed by atoms with Crippen molar-refractivity contribution in [2.24, 2.45) is 0 Å². The van der Waals surface area contributed by atoms with Gasteiger partial charge in [0, 0.05) is 11.8 Å². The zero-order chi connectivity index (χ0) is 18.0. The Morgan fingerprint density at radius 3 is 2.64 bits per heavy atom. The monoisotopic (exact) mass is 347 g/mol. The lowest BCUT2D eigenvalue weighted by molar-refractivity contribution is 0.151. The van der Waals surface area contributed by atoms with Gasteiger partial charge >= 0.3 is 0 Å². The zero-order valence-electron chi connectivity index (χ0n) is 13.5. The Labute approximate surface area is 142 Å². The van der Waals surface area contributed by atoms with Gasteiger partial charge in [0.25, 0.3) is 6.43 Å². The summed E-state index contributed by atoms with van der Waals surface area (Å²) in [6, 6.07) is 8.58. The molecule has 0 aliphatic carbocycles. The van der Waals surface area contributed by atoms with Crippen molar-refractivity contribution in [1.82, 2.24) is 14.8 Å². The summed E-state index contributed by atoms with van der Waals surface area (Å²) >= 11 is 0. The van der Waals surface area contributed by atoms with E-state index in [-0.39, 0.29) is 18.6 Å². The fraction of sp³-hybridized carbons (Fsp3) is 0.222. The number of hydrogen-bond acceptors (Lipinski definition) is 3. The second-order valence-corrected chi connectivity index (χ2v) is 5.74. The number of alkyl halides is 2. The average molecular weight is 347 g/mol. The van der Waals surface area contributed by atoms with Crippen LogP contribution >= 0.6 is 0 Å². The van der Waals surface area contributed by atoms with Crippen molar-refractivity contribution >= 4 is 0 Å². The third kappa shape index (κ3) is 3.88. The van der Waals surface area contributed by atoms with Gasteiger partial charge in [-0.15, -0.1) is 0 Å². The van der Waals surface area contributed by atoms with E-state index in [2.05, 4.69) is 10.1 Å². The molecule has 3 rings (SSSR count). The molecular weight excluding hydrogens is 331 g/mol. The molecule has 0 saturated carbocycles. The van der Waals surface area contributed by atoms with E-state index < -0.39 is 12.2 Å². The highest BCUT2D eigenvalue weighted by Gasteiger charge is 2.12. The van der Waals surface area contributed by atoms with Crippen LogP contribution in [0, 0.1) is 12.7 Å².